The molecule has 33 heavy (non-hydrogen) atoms. The number of ether oxygens (including phenoxy) is 2. The van der Waals surface area contributed by atoms with Crippen LogP contribution in [0.3, 0.4) is 0 Å². The molecule has 2 heterocycles. The third kappa shape index (κ3) is 5.18. The summed E-state index contributed by atoms with van der Waals surface area (Å²) in [5, 5.41) is 4.20. The maximum absolute atomic E-state index is 13.6. The molecule has 4 aromatic rings. The number of nitrogens with zero attached hydrogens (tertiary/aromatic N) is 3. The van der Waals surface area contributed by atoms with Gasteiger partial charge >= 0.3 is 0 Å². The fourth-order valence-electron chi connectivity index (χ4n) is 3.55. The first kappa shape index (κ1) is 22.8. The lowest BCUT2D eigenvalue weighted by molar-refractivity contribution is 0.185. The van der Waals surface area contributed by atoms with Crippen molar-refractivity contribution >= 4 is 23.3 Å². The van der Waals surface area contributed by atoms with Crippen LogP contribution < -0.4 is 10.1 Å². The first-order chi connectivity index (χ1) is 16.1. The van der Waals surface area contributed by atoms with Crippen molar-refractivity contribution in [3.8, 4) is 28.3 Å². The number of halogens is 1. The summed E-state index contributed by atoms with van der Waals surface area (Å²) in [4.78, 5) is 9.37. The van der Waals surface area contributed by atoms with E-state index in [0.29, 0.717) is 19.0 Å². The molecular formula is C25H25FN4O2S. The fraction of sp³-hybridized carbons (Fsp3) is 0.200. The number of methoxy groups -OCH3 is 2. The first-order valence-electron chi connectivity index (χ1n) is 10.4. The van der Waals surface area contributed by atoms with Crippen LogP contribution in [0.4, 0.5) is 15.9 Å². The Bertz CT molecular complexity index is 1210. The number of hydrogen-bond acceptors (Lipinski definition) is 6. The Morgan fingerprint density at radius 1 is 1.00 bits per heavy atom. The third-order valence-electron chi connectivity index (χ3n) is 5.15. The number of hydrogen-bond donors (Lipinski definition) is 1. The van der Waals surface area contributed by atoms with Crippen molar-refractivity contribution in [2.75, 3.05) is 32.4 Å². The summed E-state index contributed by atoms with van der Waals surface area (Å²) in [6.07, 6.45) is 3.76. The highest BCUT2D eigenvalue weighted by atomic mass is 32.2. The second kappa shape index (κ2) is 10.5. The third-order valence-corrected chi connectivity index (χ3v) is 5.82. The zero-order valence-corrected chi connectivity index (χ0v) is 19.5. The maximum Gasteiger partial charge on any atom is 0.168 e. The molecule has 0 aliphatic rings. The van der Waals surface area contributed by atoms with Crippen molar-refractivity contribution in [1.82, 2.24) is 14.5 Å². The predicted octanol–water partition coefficient (Wildman–Crippen LogP) is 5.87. The summed E-state index contributed by atoms with van der Waals surface area (Å²) in [6.45, 7) is 1.18. The lowest BCUT2D eigenvalue weighted by Gasteiger charge is -2.13. The van der Waals surface area contributed by atoms with Gasteiger partial charge in [-0.2, -0.15) is 0 Å². The molecule has 0 saturated heterocycles. The van der Waals surface area contributed by atoms with Crippen molar-refractivity contribution in [1.29, 1.82) is 0 Å². The van der Waals surface area contributed by atoms with Crippen LogP contribution in [0.2, 0.25) is 0 Å². The van der Waals surface area contributed by atoms with Gasteiger partial charge in [0.25, 0.3) is 0 Å². The van der Waals surface area contributed by atoms with Crippen molar-refractivity contribution in [2.45, 2.75) is 11.7 Å². The minimum Gasteiger partial charge on any atom is -0.497 e. The molecule has 0 atom stereocenters. The molecule has 0 unspecified atom stereocenters. The molecule has 8 heteroatoms. The van der Waals surface area contributed by atoms with Crippen molar-refractivity contribution in [3.05, 3.63) is 72.7 Å². The Morgan fingerprint density at radius 3 is 2.42 bits per heavy atom. The minimum atomic E-state index is -0.279. The van der Waals surface area contributed by atoms with E-state index in [1.165, 1.54) is 12.1 Å². The van der Waals surface area contributed by atoms with E-state index in [4.69, 9.17) is 14.5 Å². The van der Waals surface area contributed by atoms with E-state index in [1.54, 1.807) is 44.3 Å². The Labute approximate surface area is 196 Å². The number of pyridine rings is 1. The normalized spacial score (nSPS) is 10.9. The molecule has 0 amide bonds. The number of aromatic nitrogens is 3. The van der Waals surface area contributed by atoms with Gasteiger partial charge in [0.05, 0.1) is 25.1 Å². The van der Waals surface area contributed by atoms with E-state index in [2.05, 4.69) is 14.9 Å². The zero-order chi connectivity index (χ0) is 23.2. The summed E-state index contributed by atoms with van der Waals surface area (Å²) in [6, 6.07) is 18.0. The van der Waals surface area contributed by atoms with E-state index in [9.17, 15) is 4.39 Å². The van der Waals surface area contributed by atoms with Gasteiger partial charge in [0.15, 0.2) is 5.16 Å². The smallest absolute Gasteiger partial charge is 0.168 e. The molecule has 6 nitrogen and oxygen atoms in total. The van der Waals surface area contributed by atoms with Gasteiger partial charge in [0.2, 0.25) is 0 Å². The SMILES string of the molecule is COCCn1c(SC)nc(-c2ccc(F)cc2)c1-c1ccnc(Nc2ccc(OC)cc2)c1. The van der Waals surface area contributed by atoms with Crippen molar-refractivity contribution < 1.29 is 13.9 Å². The van der Waals surface area contributed by atoms with Crippen LogP contribution in [0.5, 0.6) is 5.75 Å². The molecule has 0 aliphatic carbocycles. The molecule has 170 valence electrons. The molecule has 0 fully saturated rings. The summed E-state index contributed by atoms with van der Waals surface area (Å²) >= 11 is 1.56. The Balaban J connectivity index is 1.78. The second-order valence-electron chi connectivity index (χ2n) is 7.23. The van der Waals surface area contributed by atoms with Crippen LogP contribution in [0.15, 0.2) is 72.0 Å². The van der Waals surface area contributed by atoms with E-state index in [0.717, 1.165) is 39.1 Å². The van der Waals surface area contributed by atoms with Gasteiger partial charge in [-0.3, -0.25) is 0 Å². The highest BCUT2D eigenvalue weighted by Gasteiger charge is 2.20. The summed E-state index contributed by atoms with van der Waals surface area (Å²) < 4.78 is 26.3. The van der Waals surface area contributed by atoms with Gasteiger partial charge in [0, 0.05) is 36.7 Å². The molecule has 0 saturated carbocycles. The quantitative estimate of drug-likeness (QED) is 0.313. The van der Waals surface area contributed by atoms with Gasteiger partial charge in [-0.05, 0) is 66.9 Å². The lowest BCUT2D eigenvalue weighted by atomic mass is 10.1. The number of benzene rings is 2. The Hall–Kier alpha value is -3.36. The molecule has 2 aromatic heterocycles. The summed E-state index contributed by atoms with van der Waals surface area (Å²) in [5.41, 5.74) is 4.42. The van der Waals surface area contributed by atoms with Crippen molar-refractivity contribution in [2.24, 2.45) is 0 Å². The number of thioether (sulfide) groups is 1. The zero-order valence-electron chi connectivity index (χ0n) is 18.7. The van der Waals surface area contributed by atoms with E-state index < -0.39 is 0 Å². The number of rotatable bonds is 9. The van der Waals surface area contributed by atoms with Crippen LogP contribution >= 0.6 is 11.8 Å². The minimum absolute atomic E-state index is 0.279. The van der Waals surface area contributed by atoms with E-state index in [1.807, 2.05) is 42.7 Å². The largest absolute Gasteiger partial charge is 0.497 e. The summed E-state index contributed by atoms with van der Waals surface area (Å²) in [7, 11) is 3.32. The van der Waals surface area contributed by atoms with Crippen LogP contribution in [-0.2, 0) is 11.3 Å². The monoisotopic (exact) mass is 464 g/mol. The van der Waals surface area contributed by atoms with Crippen molar-refractivity contribution in [3.63, 3.8) is 0 Å². The molecular weight excluding hydrogens is 439 g/mol. The number of imidazole rings is 1. The van der Waals surface area contributed by atoms with Crippen LogP contribution in [0.25, 0.3) is 22.5 Å². The Kier molecular flexibility index (Phi) is 7.26. The molecule has 2 aromatic carbocycles. The van der Waals surface area contributed by atoms with Gasteiger partial charge < -0.3 is 19.4 Å². The standard InChI is InChI=1S/C25H25FN4O2S/c1-31-15-14-30-24(23(29-25(30)33-3)17-4-6-19(26)7-5-17)18-12-13-27-22(16-18)28-20-8-10-21(32-2)11-9-20/h4-13,16H,14-15H2,1-3H3,(H,27,28). The second-order valence-corrected chi connectivity index (χ2v) is 8.00. The van der Waals surface area contributed by atoms with E-state index >= 15 is 0 Å². The predicted molar refractivity (Wildman–Crippen MR) is 131 cm³/mol. The molecule has 0 bridgehead atoms. The Morgan fingerprint density at radius 2 is 1.76 bits per heavy atom. The maximum atomic E-state index is 13.6. The van der Waals surface area contributed by atoms with E-state index in [-0.39, 0.29) is 5.82 Å². The van der Waals surface area contributed by atoms with Gasteiger partial charge in [-0.1, -0.05) is 11.8 Å². The average Bonchev–Trinajstić information content (AvgIpc) is 3.22. The average molecular weight is 465 g/mol. The molecule has 0 aliphatic heterocycles. The van der Waals surface area contributed by atoms with Gasteiger partial charge in [-0.15, -0.1) is 0 Å². The molecule has 1 N–H and O–H groups in total. The first-order valence-corrected chi connectivity index (χ1v) is 11.6. The van der Waals surface area contributed by atoms with Crippen LogP contribution in [-0.4, -0.2) is 41.6 Å². The number of nitrogens with one attached hydrogen (secondary N) is 1. The summed E-state index contributed by atoms with van der Waals surface area (Å²) in [5.74, 6) is 1.21. The molecule has 4 rings (SSSR count). The highest BCUT2D eigenvalue weighted by molar-refractivity contribution is 7.98. The van der Waals surface area contributed by atoms with Gasteiger partial charge in [0.1, 0.15) is 17.4 Å². The molecule has 0 radical (unpaired) electrons. The number of anilines is 2. The topological polar surface area (TPSA) is 61.2 Å². The molecule has 0 spiro atoms. The van der Waals surface area contributed by atoms with Gasteiger partial charge in [-0.25, -0.2) is 14.4 Å². The highest BCUT2D eigenvalue weighted by Crippen LogP contribution is 2.36. The fourth-order valence-corrected chi connectivity index (χ4v) is 4.13. The van der Waals surface area contributed by atoms with Crippen LogP contribution in [0, 0.1) is 5.82 Å². The van der Waals surface area contributed by atoms with Crippen LogP contribution in [0.1, 0.15) is 0 Å². The lowest BCUT2D eigenvalue weighted by Crippen LogP contribution is -2.07.